The number of rotatable bonds is 0. The number of nitrogens with one attached hydrogen (secondary N) is 1. The zero-order valence-corrected chi connectivity index (χ0v) is 3.82. The molecule has 1 rings (SSSR count). The van der Waals surface area contributed by atoms with E-state index in [-0.39, 0.29) is 24.8 Å². The minimum absolute atomic E-state index is 0. The monoisotopic (exact) mass is 78.1 g/mol. The maximum atomic E-state index is 9.79. The molecule has 6 heavy (non-hydrogen) atoms. The van der Waals surface area contributed by atoms with Gasteiger partial charge in [-0.25, -0.2) is 0 Å². The van der Waals surface area contributed by atoms with Crippen molar-refractivity contribution in [1.29, 1.82) is 0 Å². The van der Waals surface area contributed by atoms with Crippen molar-refractivity contribution in [3.05, 3.63) is 0 Å². The summed E-state index contributed by atoms with van der Waals surface area (Å²) in [5.74, 6) is 0.185. The van der Waals surface area contributed by atoms with Crippen molar-refractivity contribution in [3.8, 4) is 0 Å². The van der Waals surface area contributed by atoms with Crippen molar-refractivity contribution in [2.24, 2.45) is 0 Å². The molecule has 0 spiro atoms. The molecule has 0 unspecified atom stereocenters. The zero-order chi connectivity index (χ0) is 3.70. The number of hydrogen-bond acceptors (Lipinski definition) is 1. The van der Waals surface area contributed by atoms with Crippen LogP contribution in [0.15, 0.2) is 0 Å². The van der Waals surface area contributed by atoms with E-state index in [1.54, 1.807) is 0 Å². The Morgan fingerprint density at radius 1 is 1.67 bits per heavy atom. The zero-order valence-electron chi connectivity index (χ0n) is 3.82. The van der Waals surface area contributed by atoms with Gasteiger partial charge in [-0.2, -0.15) is 0 Å². The third-order valence-electron chi connectivity index (χ3n) is 0.674. The second-order valence-corrected chi connectivity index (χ2v) is 1.10. The molecule has 0 atom stereocenters. The molecule has 1 fully saturated rings. The Hall–Kier alpha value is 0.0674. The molecule has 1 heterocycles. The third-order valence-corrected chi connectivity index (χ3v) is 0.674. The van der Waals surface area contributed by atoms with Gasteiger partial charge in [-0.05, 0) is 0 Å². The molecule has 1 saturated heterocycles. The van der Waals surface area contributed by atoms with Crippen LogP contribution >= 0.6 is 0 Å². The van der Waals surface area contributed by atoms with E-state index in [9.17, 15) is 4.79 Å². The normalized spacial score (nSPS) is 17.0. The molecule has 1 aliphatic heterocycles. The van der Waals surface area contributed by atoms with E-state index in [2.05, 4.69) is 5.32 Å². The average Bonchev–Trinajstić information content (AvgIpc) is 1.30. The fourth-order valence-corrected chi connectivity index (χ4v) is 0.227. The van der Waals surface area contributed by atoms with Crippen LogP contribution in [-0.4, -0.2) is 31.3 Å². The van der Waals surface area contributed by atoms with Gasteiger partial charge in [-0.3, -0.25) is 4.79 Å². The molecular formula is C3H5LiNO. The van der Waals surface area contributed by atoms with Crippen molar-refractivity contribution in [2.45, 2.75) is 6.42 Å². The van der Waals surface area contributed by atoms with E-state index < -0.39 is 0 Å². The Balaban J connectivity index is 0.000000250. The molecule has 0 aromatic rings. The molecule has 29 valence electrons. The van der Waals surface area contributed by atoms with Crippen molar-refractivity contribution >= 4 is 24.8 Å². The Kier molecular flexibility index (Phi) is 2.30. The van der Waals surface area contributed by atoms with Gasteiger partial charge >= 0.3 is 0 Å². The number of carbonyl (C=O) groups is 1. The van der Waals surface area contributed by atoms with Gasteiger partial charge in [0.2, 0.25) is 5.91 Å². The minimum Gasteiger partial charge on any atom is -0.356 e. The fraction of sp³-hybridized carbons (Fsp3) is 0.667. The maximum absolute atomic E-state index is 9.79. The molecule has 0 aromatic heterocycles. The molecule has 2 nitrogen and oxygen atoms in total. The van der Waals surface area contributed by atoms with Crippen LogP contribution in [0.1, 0.15) is 6.42 Å². The Morgan fingerprint density at radius 3 is 2.00 bits per heavy atom. The van der Waals surface area contributed by atoms with Gasteiger partial charge in [0.15, 0.2) is 0 Å². The van der Waals surface area contributed by atoms with Gasteiger partial charge in [0, 0.05) is 31.8 Å². The number of amides is 1. The number of carbonyl (C=O) groups excluding carboxylic acids is 1. The SMILES string of the molecule is O=C1CCN1.[Li]. The van der Waals surface area contributed by atoms with E-state index in [0.29, 0.717) is 0 Å². The van der Waals surface area contributed by atoms with Gasteiger partial charge in [-0.15, -0.1) is 0 Å². The summed E-state index contributed by atoms with van der Waals surface area (Å²) >= 11 is 0. The third kappa shape index (κ3) is 1.04. The largest absolute Gasteiger partial charge is 0.356 e. The standard InChI is InChI=1S/C3H5NO.Li/c5-3-1-2-4-3;/h1-2H2,(H,4,5);. The van der Waals surface area contributed by atoms with Crippen molar-refractivity contribution in [1.82, 2.24) is 5.32 Å². The van der Waals surface area contributed by atoms with Gasteiger partial charge in [-0.1, -0.05) is 0 Å². The molecule has 0 bridgehead atoms. The molecule has 3 heteroatoms. The first kappa shape index (κ1) is 6.07. The first-order chi connectivity index (χ1) is 2.39. The van der Waals surface area contributed by atoms with E-state index >= 15 is 0 Å². The smallest absolute Gasteiger partial charge is 0.221 e. The summed E-state index contributed by atoms with van der Waals surface area (Å²) in [5, 5.41) is 2.57. The van der Waals surface area contributed by atoms with Crippen LogP contribution in [0.3, 0.4) is 0 Å². The predicted molar refractivity (Wildman–Crippen MR) is 23.4 cm³/mol. The van der Waals surface area contributed by atoms with Crippen LogP contribution in [0.25, 0.3) is 0 Å². The number of hydrogen-bond donors (Lipinski definition) is 1. The molecule has 0 aromatic carbocycles. The molecule has 0 aliphatic carbocycles. The Labute approximate surface area is 48.5 Å². The van der Waals surface area contributed by atoms with Crippen LogP contribution in [0.2, 0.25) is 0 Å². The van der Waals surface area contributed by atoms with Crippen molar-refractivity contribution in [2.75, 3.05) is 6.54 Å². The first-order valence-electron chi connectivity index (χ1n) is 1.66. The average molecular weight is 78.0 g/mol. The molecular weight excluding hydrogens is 73.0 g/mol. The van der Waals surface area contributed by atoms with Crippen molar-refractivity contribution in [3.63, 3.8) is 0 Å². The fourth-order valence-electron chi connectivity index (χ4n) is 0.227. The second-order valence-electron chi connectivity index (χ2n) is 1.10. The van der Waals surface area contributed by atoms with Crippen LogP contribution in [0, 0.1) is 0 Å². The number of β-lactam (4-membered cyclic amide) rings is 1. The van der Waals surface area contributed by atoms with Crippen LogP contribution < -0.4 is 5.32 Å². The summed E-state index contributed by atoms with van der Waals surface area (Å²) in [7, 11) is 0. The van der Waals surface area contributed by atoms with E-state index in [0.717, 1.165) is 13.0 Å². The van der Waals surface area contributed by atoms with Crippen LogP contribution in [-0.2, 0) is 4.79 Å². The second kappa shape index (κ2) is 2.28. The summed E-state index contributed by atoms with van der Waals surface area (Å²) in [6.45, 7) is 0.888. The maximum Gasteiger partial charge on any atom is 0.221 e. The van der Waals surface area contributed by atoms with Crippen LogP contribution in [0.4, 0.5) is 0 Å². The molecule has 1 radical (unpaired) electrons. The summed E-state index contributed by atoms with van der Waals surface area (Å²) in [6, 6.07) is 0. The van der Waals surface area contributed by atoms with Gasteiger partial charge < -0.3 is 5.32 Å². The van der Waals surface area contributed by atoms with Gasteiger partial charge in [0.05, 0.1) is 0 Å². The van der Waals surface area contributed by atoms with E-state index in [1.807, 2.05) is 0 Å². The minimum atomic E-state index is 0. The molecule has 1 N–H and O–H groups in total. The summed E-state index contributed by atoms with van der Waals surface area (Å²) < 4.78 is 0. The quantitative estimate of drug-likeness (QED) is 0.296. The summed E-state index contributed by atoms with van der Waals surface area (Å²) in [4.78, 5) is 9.79. The molecule has 1 aliphatic rings. The topological polar surface area (TPSA) is 29.1 Å². The summed E-state index contributed by atoms with van der Waals surface area (Å²) in [5.41, 5.74) is 0. The Morgan fingerprint density at radius 2 is 2.00 bits per heavy atom. The van der Waals surface area contributed by atoms with E-state index in [1.165, 1.54) is 0 Å². The predicted octanol–water partition coefficient (Wildman–Crippen LogP) is -0.875. The first-order valence-corrected chi connectivity index (χ1v) is 1.66. The van der Waals surface area contributed by atoms with Gasteiger partial charge in [0.25, 0.3) is 0 Å². The van der Waals surface area contributed by atoms with Crippen LogP contribution in [0.5, 0.6) is 0 Å². The Bertz CT molecular complexity index is 57.8. The van der Waals surface area contributed by atoms with Gasteiger partial charge in [0.1, 0.15) is 0 Å². The summed E-state index contributed by atoms with van der Waals surface area (Å²) in [6.07, 6.45) is 0.736. The van der Waals surface area contributed by atoms with E-state index in [4.69, 9.17) is 0 Å². The molecule has 1 amide bonds. The van der Waals surface area contributed by atoms with Crippen molar-refractivity contribution < 1.29 is 4.79 Å². The molecule has 0 saturated carbocycles.